The van der Waals surface area contributed by atoms with Crippen LogP contribution in [-0.2, 0) is 0 Å². The van der Waals surface area contributed by atoms with E-state index in [1.54, 1.807) is 36.9 Å². The van der Waals surface area contributed by atoms with Crippen LogP contribution in [0.25, 0.3) is 10.9 Å². The lowest BCUT2D eigenvalue weighted by molar-refractivity contribution is 0.458. The Bertz CT molecular complexity index is 1000. The van der Waals surface area contributed by atoms with Crippen molar-refractivity contribution in [2.24, 2.45) is 0 Å². The quantitative estimate of drug-likeness (QED) is 0.553. The molecule has 0 bridgehead atoms. The summed E-state index contributed by atoms with van der Waals surface area (Å²) in [5.74, 6) is 1.35. The number of hydrogen-bond acceptors (Lipinski definition) is 5. The van der Waals surface area contributed by atoms with Crippen LogP contribution < -0.4 is 5.32 Å². The molecule has 0 unspecified atom stereocenters. The normalized spacial score (nSPS) is 12.2. The number of nitrogens with one attached hydrogen (secondary N) is 1. The van der Waals surface area contributed by atoms with Gasteiger partial charge in [0.1, 0.15) is 28.9 Å². The summed E-state index contributed by atoms with van der Waals surface area (Å²) in [6.45, 7) is 0. The molecule has 6 heteroatoms. The molecule has 1 atom stereocenters. The van der Waals surface area contributed by atoms with Gasteiger partial charge in [-0.3, -0.25) is 4.98 Å². The van der Waals surface area contributed by atoms with Gasteiger partial charge in [-0.1, -0.05) is 17.7 Å². The molecule has 0 radical (unpaired) electrons. The summed E-state index contributed by atoms with van der Waals surface area (Å²) in [6.07, 6.45) is 4.90. The molecule has 0 aliphatic heterocycles. The Morgan fingerprint density at radius 2 is 1.92 bits per heavy atom. The number of aromatic hydroxyl groups is 1. The fourth-order valence-electron chi connectivity index (χ4n) is 2.78. The molecule has 0 aliphatic rings. The van der Waals surface area contributed by atoms with Gasteiger partial charge in [-0.2, -0.15) is 0 Å². The van der Waals surface area contributed by atoms with Crippen molar-refractivity contribution in [1.82, 2.24) is 9.97 Å². The predicted molar refractivity (Wildman–Crippen MR) is 96.8 cm³/mol. The number of benzene rings is 1. The summed E-state index contributed by atoms with van der Waals surface area (Å²) < 4.78 is 5.56. The lowest BCUT2D eigenvalue weighted by Crippen LogP contribution is -2.13. The molecule has 0 spiro atoms. The summed E-state index contributed by atoms with van der Waals surface area (Å²) in [7, 11) is 0. The van der Waals surface area contributed by atoms with Crippen LogP contribution in [-0.4, -0.2) is 15.1 Å². The van der Waals surface area contributed by atoms with Gasteiger partial charge in [0.05, 0.1) is 11.3 Å². The third kappa shape index (κ3) is 2.90. The van der Waals surface area contributed by atoms with Crippen LogP contribution in [0, 0.1) is 0 Å². The smallest absolute Gasteiger partial charge is 0.147 e. The number of furan rings is 1. The number of hydrogen-bond donors (Lipinski definition) is 2. The highest BCUT2D eigenvalue weighted by molar-refractivity contribution is 6.35. The SMILES string of the molecule is Oc1c([C@@H](Nc2ccccn2)c2ccco2)cc(Cl)c2cccnc12. The van der Waals surface area contributed by atoms with Crippen molar-refractivity contribution in [3.63, 3.8) is 0 Å². The van der Waals surface area contributed by atoms with E-state index >= 15 is 0 Å². The molecule has 124 valence electrons. The number of phenols is 1. The van der Waals surface area contributed by atoms with Gasteiger partial charge in [-0.15, -0.1) is 0 Å². The van der Waals surface area contributed by atoms with Gasteiger partial charge in [-0.25, -0.2) is 4.98 Å². The lowest BCUT2D eigenvalue weighted by Gasteiger charge is -2.20. The Morgan fingerprint density at radius 3 is 2.68 bits per heavy atom. The van der Waals surface area contributed by atoms with Gasteiger partial charge in [0.2, 0.25) is 0 Å². The molecule has 1 aromatic carbocycles. The maximum absolute atomic E-state index is 10.8. The van der Waals surface area contributed by atoms with E-state index in [2.05, 4.69) is 15.3 Å². The summed E-state index contributed by atoms with van der Waals surface area (Å²) in [5, 5.41) is 15.3. The van der Waals surface area contributed by atoms with Crippen LogP contribution >= 0.6 is 11.6 Å². The molecule has 2 N–H and O–H groups in total. The number of phenolic OH excluding ortho intramolecular Hbond substituents is 1. The molecule has 5 nitrogen and oxygen atoms in total. The molecule has 25 heavy (non-hydrogen) atoms. The Morgan fingerprint density at radius 1 is 1.04 bits per heavy atom. The Hall–Kier alpha value is -3.05. The third-order valence-electron chi connectivity index (χ3n) is 3.94. The first-order valence-electron chi connectivity index (χ1n) is 7.71. The first-order valence-corrected chi connectivity index (χ1v) is 8.09. The fraction of sp³-hybridized carbons (Fsp3) is 0.0526. The molecular formula is C19H14ClN3O2. The molecule has 3 heterocycles. The summed E-state index contributed by atoms with van der Waals surface area (Å²) in [6, 6.07) is 14.0. The molecular weight excluding hydrogens is 338 g/mol. The standard InChI is InChI=1S/C19H14ClN3O2/c20-14-11-13(19(24)18-12(14)5-3-9-22-18)17(15-6-4-10-25-15)23-16-7-1-2-8-21-16/h1-11,17,24H,(H,21,23)/t17-/m1/s1. The van der Waals surface area contributed by atoms with E-state index < -0.39 is 6.04 Å². The maximum Gasteiger partial charge on any atom is 0.147 e. The molecule has 0 aliphatic carbocycles. The van der Waals surface area contributed by atoms with Crippen molar-refractivity contribution in [3.8, 4) is 5.75 Å². The number of aromatic nitrogens is 2. The highest BCUT2D eigenvalue weighted by Crippen LogP contribution is 2.39. The number of fused-ring (bicyclic) bond motifs is 1. The zero-order chi connectivity index (χ0) is 17.2. The highest BCUT2D eigenvalue weighted by atomic mass is 35.5. The largest absolute Gasteiger partial charge is 0.505 e. The fourth-order valence-corrected chi connectivity index (χ4v) is 3.05. The topological polar surface area (TPSA) is 71.2 Å². The molecule has 4 aromatic rings. The van der Waals surface area contributed by atoms with Gasteiger partial charge in [0, 0.05) is 23.3 Å². The third-order valence-corrected chi connectivity index (χ3v) is 4.25. The number of nitrogens with zero attached hydrogens (tertiary/aromatic N) is 2. The van der Waals surface area contributed by atoms with E-state index in [-0.39, 0.29) is 5.75 Å². The van der Waals surface area contributed by atoms with Crippen LogP contribution in [0.5, 0.6) is 5.75 Å². The van der Waals surface area contributed by atoms with Crippen molar-refractivity contribution in [3.05, 3.63) is 83.5 Å². The van der Waals surface area contributed by atoms with Crippen LogP contribution in [0.15, 0.2) is 71.6 Å². The Labute approximate surface area is 148 Å². The van der Waals surface area contributed by atoms with E-state index in [0.717, 1.165) is 0 Å². The summed E-state index contributed by atoms with van der Waals surface area (Å²) in [5.41, 5.74) is 1.01. The number of rotatable bonds is 4. The minimum Gasteiger partial charge on any atom is -0.505 e. The molecule has 0 saturated carbocycles. The van der Waals surface area contributed by atoms with Crippen molar-refractivity contribution in [1.29, 1.82) is 0 Å². The lowest BCUT2D eigenvalue weighted by atomic mass is 10.0. The maximum atomic E-state index is 10.8. The van der Waals surface area contributed by atoms with Crippen molar-refractivity contribution in [2.75, 3.05) is 5.32 Å². The van der Waals surface area contributed by atoms with E-state index in [1.807, 2.05) is 30.3 Å². The zero-order valence-corrected chi connectivity index (χ0v) is 13.8. The second kappa shape index (κ2) is 6.45. The van der Waals surface area contributed by atoms with Crippen LogP contribution in [0.3, 0.4) is 0 Å². The number of anilines is 1. The van der Waals surface area contributed by atoms with Crippen LogP contribution in [0.2, 0.25) is 5.02 Å². The molecule has 3 aromatic heterocycles. The van der Waals surface area contributed by atoms with Crippen molar-refractivity contribution >= 4 is 28.3 Å². The average Bonchev–Trinajstić information content (AvgIpc) is 3.18. The average molecular weight is 352 g/mol. The van der Waals surface area contributed by atoms with Crippen molar-refractivity contribution < 1.29 is 9.52 Å². The highest BCUT2D eigenvalue weighted by Gasteiger charge is 2.23. The van der Waals surface area contributed by atoms with Gasteiger partial charge >= 0.3 is 0 Å². The number of halogens is 1. The predicted octanol–water partition coefficient (Wildman–Crippen LogP) is 4.78. The van der Waals surface area contributed by atoms with Crippen molar-refractivity contribution in [2.45, 2.75) is 6.04 Å². The minimum atomic E-state index is -0.464. The molecule has 4 rings (SSSR count). The zero-order valence-electron chi connectivity index (χ0n) is 13.1. The summed E-state index contributed by atoms with van der Waals surface area (Å²) >= 11 is 6.42. The first-order chi connectivity index (χ1) is 12.2. The summed E-state index contributed by atoms with van der Waals surface area (Å²) in [4.78, 5) is 8.55. The van der Waals surface area contributed by atoms with E-state index in [4.69, 9.17) is 16.0 Å². The van der Waals surface area contributed by atoms with Gasteiger partial charge < -0.3 is 14.8 Å². The van der Waals surface area contributed by atoms with Gasteiger partial charge in [-0.05, 0) is 42.5 Å². The second-order valence-corrected chi connectivity index (χ2v) is 5.91. The van der Waals surface area contributed by atoms with Gasteiger partial charge in [0.25, 0.3) is 0 Å². The van der Waals surface area contributed by atoms with Crippen LogP contribution in [0.4, 0.5) is 5.82 Å². The van der Waals surface area contributed by atoms with Gasteiger partial charge in [0.15, 0.2) is 0 Å². The van der Waals surface area contributed by atoms with E-state index in [0.29, 0.717) is 33.1 Å². The Balaban J connectivity index is 1.88. The molecule has 0 fully saturated rings. The molecule has 0 amide bonds. The first kappa shape index (κ1) is 15.5. The minimum absolute atomic E-state index is 0.0600. The van der Waals surface area contributed by atoms with E-state index in [1.165, 1.54) is 0 Å². The number of pyridine rings is 2. The molecule has 0 saturated heterocycles. The monoisotopic (exact) mass is 351 g/mol. The second-order valence-electron chi connectivity index (χ2n) is 5.50. The van der Waals surface area contributed by atoms with E-state index in [9.17, 15) is 5.11 Å². The van der Waals surface area contributed by atoms with Crippen LogP contribution in [0.1, 0.15) is 17.4 Å². The Kier molecular flexibility index (Phi) is 3.99.